The molecule has 4 aromatic carbocycles. The van der Waals surface area contributed by atoms with E-state index in [1.54, 1.807) is 12.4 Å². The Balaban J connectivity index is 1.35. The Labute approximate surface area is 228 Å². The molecule has 4 N–H and O–H groups in total. The highest BCUT2D eigenvalue weighted by Gasteiger charge is 2.08. The third-order valence-electron chi connectivity index (χ3n) is 6.71. The average Bonchev–Trinajstić information content (AvgIpc) is 3.44. The van der Waals surface area contributed by atoms with Crippen molar-refractivity contribution in [2.24, 2.45) is 0 Å². The standard InChI is InChI=1S/C32H26N6O2/c1-21-27(31(39)37(35-21)23-11-5-3-6-12-23)19-33-29-17-9-16-26-25(29)15-10-18-30(26)34-20-28-22(2)36-38(32(28)40)24-13-7-4-8-14-24/h3-20,33-36H,1-2H2. The van der Waals surface area contributed by atoms with Crippen molar-refractivity contribution < 1.29 is 0 Å². The fourth-order valence-corrected chi connectivity index (χ4v) is 4.67. The van der Waals surface area contributed by atoms with Crippen LogP contribution in [0.25, 0.3) is 47.7 Å². The van der Waals surface area contributed by atoms with Crippen molar-refractivity contribution >= 4 is 47.7 Å². The number of nitrogens with one attached hydrogen (secondary N) is 4. The Morgan fingerprint density at radius 2 is 0.950 bits per heavy atom. The summed E-state index contributed by atoms with van der Waals surface area (Å²) < 4.78 is 2.95. The Kier molecular flexibility index (Phi) is 6.26. The number of benzene rings is 4. The topological polar surface area (TPSA) is 99.6 Å². The van der Waals surface area contributed by atoms with E-state index in [9.17, 15) is 9.59 Å². The number of fused-ring (bicyclic) bond motifs is 1. The molecule has 0 aliphatic rings. The highest BCUT2D eigenvalue weighted by Crippen LogP contribution is 2.29. The number of para-hydroxylation sites is 2. The molecule has 0 aliphatic heterocycles. The molecule has 0 unspecified atom stereocenters. The zero-order chi connectivity index (χ0) is 27.6. The SMILES string of the molecule is C=c1[nH]n(-c2ccccc2)c(=O)c1=CNc1cccc2c(NC=c3c(=C)[nH]n(-c4ccccc4)c3=O)cccc12. The summed E-state index contributed by atoms with van der Waals surface area (Å²) in [6.45, 7) is 8.02. The van der Waals surface area contributed by atoms with E-state index >= 15 is 0 Å². The first-order valence-electron chi connectivity index (χ1n) is 12.7. The van der Waals surface area contributed by atoms with Crippen LogP contribution in [-0.4, -0.2) is 19.6 Å². The van der Waals surface area contributed by atoms with E-state index in [4.69, 9.17) is 0 Å². The van der Waals surface area contributed by atoms with Crippen LogP contribution in [0.5, 0.6) is 0 Å². The largest absolute Gasteiger partial charge is 0.360 e. The number of aromatic amines is 2. The molecule has 6 rings (SSSR count). The summed E-state index contributed by atoms with van der Waals surface area (Å²) in [5.41, 5.74) is 2.71. The Morgan fingerprint density at radius 1 is 0.550 bits per heavy atom. The molecule has 0 atom stereocenters. The molecule has 0 fully saturated rings. The van der Waals surface area contributed by atoms with Crippen molar-refractivity contribution in [3.63, 3.8) is 0 Å². The first-order chi connectivity index (χ1) is 19.5. The van der Waals surface area contributed by atoms with Gasteiger partial charge in [0.15, 0.2) is 0 Å². The molecule has 0 amide bonds. The summed E-state index contributed by atoms with van der Waals surface area (Å²) >= 11 is 0. The number of hydrogen-bond acceptors (Lipinski definition) is 4. The molecule has 2 heterocycles. The highest BCUT2D eigenvalue weighted by molar-refractivity contribution is 6.02. The molecule has 2 aromatic heterocycles. The third kappa shape index (κ3) is 4.43. The van der Waals surface area contributed by atoms with Gasteiger partial charge in [-0.2, -0.15) is 0 Å². The zero-order valence-electron chi connectivity index (χ0n) is 21.5. The van der Waals surface area contributed by atoms with Gasteiger partial charge in [-0.15, -0.1) is 0 Å². The predicted molar refractivity (Wildman–Crippen MR) is 162 cm³/mol. The molecule has 196 valence electrons. The van der Waals surface area contributed by atoms with Gasteiger partial charge in [-0.3, -0.25) is 19.8 Å². The lowest BCUT2D eigenvalue weighted by Gasteiger charge is -2.10. The molecule has 8 nitrogen and oxygen atoms in total. The summed E-state index contributed by atoms with van der Waals surface area (Å²) in [6, 6.07) is 30.4. The van der Waals surface area contributed by atoms with Crippen molar-refractivity contribution in [1.82, 2.24) is 19.6 Å². The van der Waals surface area contributed by atoms with Crippen molar-refractivity contribution in [3.05, 3.63) is 139 Å². The molecular formula is C32H26N6O2. The van der Waals surface area contributed by atoms with Crippen LogP contribution in [0.3, 0.4) is 0 Å². The third-order valence-corrected chi connectivity index (χ3v) is 6.71. The van der Waals surface area contributed by atoms with Gasteiger partial charge in [-0.05, 0) is 36.4 Å². The Bertz CT molecular complexity index is 2030. The average molecular weight is 527 g/mol. The second kappa shape index (κ2) is 10.2. The molecule has 0 saturated heterocycles. The summed E-state index contributed by atoms with van der Waals surface area (Å²) in [6.07, 6.45) is 3.34. The number of rotatable bonds is 6. The van der Waals surface area contributed by atoms with Crippen LogP contribution < -0.4 is 42.9 Å². The van der Waals surface area contributed by atoms with Crippen molar-refractivity contribution in [2.45, 2.75) is 0 Å². The van der Waals surface area contributed by atoms with Crippen LogP contribution in [0.1, 0.15) is 0 Å². The molecule has 0 bridgehead atoms. The molecule has 0 radical (unpaired) electrons. The first-order valence-corrected chi connectivity index (χ1v) is 12.7. The quantitative estimate of drug-likeness (QED) is 0.268. The van der Waals surface area contributed by atoms with E-state index in [1.807, 2.05) is 97.1 Å². The maximum atomic E-state index is 13.1. The maximum Gasteiger partial charge on any atom is 0.280 e. The minimum atomic E-state index is -0.197. The van der Waals surface area contributed by atoms with E-state index in [0.29, 0.717) is 21.1 Å². The molecule has 6 aromatic rings. The predicted octanol–water partition coefficient (Wildman–Crippen LogP) is 2.32. The van der Waals surface area contributed by atoms with Gasteiger partial charge in [-0.1, -0.05) is 73.8 Å². The Morgan fingerprint density at radius 3 is 1.35 bits per heavy atom. The van der Waals surface area contributed by atoms with Gasteiger partial charge >= 0.3 is 0 Å². The van der Waals surface area contributed by atoms with E-state index in [1.165, 1.54) is 9.36 Å². The lowest BCUT2D eigenvalue weighted by atomic mass is 10.1. The molecule has 0 saturated carbocycles. The van der Waals surface area contributed by atoms with Gasteiger partial charge in [0.2, 0.25) is 0 Å². The second-order valence-corrected chi connectivity index (χ2v) is 9.24. The monoisotopic (exact) mass is 526 g/mol. The van der Waals surface area contributed by atoms with Crippen LogP contribution in [-0.2, 0) is 0 Å². The highest BCUT2D eigenvalue weighted by atomic mass is 16.1. The van der Waals surface area contributed by atoms with Crippen LogP contribution in [0.15, 0.2) is 107 Å². The van der Waals surface area contributed by atoms with Gasteiger partial charge in [-0.25, -0.2) is 9.36 Å². The lowest BCUT2D eigenvalue weighted by Crippen LogP contribution is -2.34. The molecule has 0 aliphatic carbocycles. The zero-order valence-corrected chi connectivity index (χ0v) is 21.5. The maximum absolute atomic E-state index is 13.1. The number of anilines is 2. The normalized spacial score (nSPS) is 12.2. The summed E-state index contributed by atoms with van der Waals surface area (Å²) in [4.78, 5) is 26.1. The minimum absolute atomic E-state index is 0.197. The minimum Gasteiger partial charge on any atom is -0.360 e. The van der Waals surface area contributed by atoms with Crippen LogP contribution in [0, 0.1) is 0 Å². The van der Waals surface area contributed by atoms with Crippen LogP contribution in [0.4, 0.5) is 11.4 Å². The number of nitrogens with zero attached hydrogens (tertiary/aromatic N) is 2. The van der Waals surface area contributed by atoms with E-state index in [0.717, 1.165) is 33.5 Å². The van der Waals surface area contributed by atoms with Crippen molar-refractivity contribution in [1.29, 1.82) is 0 Å². The van der Waals surface area contributed by atoms with Gasteiger partial charge in [0.25, 0.3) is 11.1 Å². The van der Waals surface area contributed by atoms with Crippen molar-refractivity contribution in [3.8, 4) is 11.4 Å². The summed E-state index contributed by atoms with van der Waals surface area (Å²) in [5, 5.41) is 16.4. The smallest absolute Gasteiger partial charge is 0.280 e. The van der Waals surface area contributed by atoms with Gasteiger partial charge in [0, 0.05) is 34.5 Å². The van der Waals surface area contributed by atoms with Crippen molar-refractivity contribution in [2.75, 3.05) is 10.6 Å². The summed E-state index contributed by atoms with van der Waals surface area (Å²) in [7, 11) is 0. The number of hydrogen-bond donors (Lipinski definition) is 4. The lowest BCUT2D eigenvalue weighted by molar-refractivity contribution is 0.838. The fourth-order valence-electron chi connectivity index (χ4n) is 4.67. The van der Waals surface area contributed by atoms with Gasteiger partial charge < -0.3 is 10.6 Å². The molecule has 8 heteroatoms. The van der Waals surface area contributed by atoms with Gasteiger partial charge in [0.1, 0.15) is 0 Å². The molecule has 40 heavy (non-hydrogen) atoms. The fraction of sp³-hybridized carbons (Fsp3) is 0. The van der Waals surface area contributed by atoms with E-state index in [2.05, 4.69) is 34.0 Å². The number of H-pyrrole nitrogens is 2. The molecular weight excluding hydrogens is 500 g/mol. The van der Waals surface area contributed by atoms with Crippen LogP contribution in [0.2, 0.25) is 0 Å². The molecule has 0 spiro atoms. The Hall–Kier alpha value is -5.76. The van der Waals surface area contributed by atoms with E-state index < -0.39 is 0 Å². The number of aromatic nitrogens is 4. The summed E-state index contributed by atoms with van der Waals surface area (Å²) in [5.74, 6) is 0. The van der Waals surface area contributed by atoms with E-state index in [-0.39, 0.29) is 11.1 Å². The second-order valence-electron chi connectivity index (χ2n) is 9.24. The first kappa shape index (κ1) is 24.6. The van der Waals surface area contributed by atoms with Crippen LogP contribution >= 0.6 is 0 Å². The van der Waals surface area contributed by atoms with Gasteiger partial charge in [0.05, 0.1) is 32.5 Å².